The van der Waals surface area contributed by atoms with Crippen molar-refractivity contribution in [3.8, 4) is 0 Å². The zero-order chi connectivity index (χ0) is 14.6. The number of aromatic nitrogens is 1. The Hall–Kier alpha value is -0.490. The molecule has 114 valence electrons. The van der Waals surface area contributed by atoms with Gasteiger partial charge in [-0.3, -0.25) is 9.80 Å². The molecule has 1 fully saturated rings. The maximum absolute atomic E-state index is 4.77. The first-order valence-electron chi connectivity index (χ1n) is 7.51. The van der Waals surface area contributed by atoms with Gasteiger partial charge in [-0.15, -0.1) is 11.3 Å². The van der Waals surface area contributed by atoms with Gasteiger partial charge in [0, 0.05) is 56.6 Å². The fourth-order valence-corrected chi connectivity index (χ4v) is 3.22. The molecule has 0 unspecified atom stereocenters. The highest BCUT2D eigenvalue weighted by atomic mass is 32.1. The van der Waals surface area contributed by atoms with Gasteiger partial charge < -0.3 is 5.32 Å². The molecular formula is C15H28N4S. The second kappa shape index (κ2) is 6.98. The van der Waals surface area contributed by atoms with E-state index in [0.717, 1.165) is 32.7 Å². The van der Waals surface area contributed by atoms with Gasteiger partial charge >= 0.3 is 0 Å². The van der Waals surface area contributed by atoms with E-state index in [1.54, 1.807) is 11.3 Å². The minimum absolute atomic E-state index is 0.169. The summed E-state index contributed by atoms with van der Waals surface area (Å²) in [5, 5.41) is 6.84. The van der Waals surface area contributed by atoms with Gasteiger partial charge in [-0.2, -0.15) is 0 Å². The van der Waals surface area contributed by atoms with Crippen molar-refractivity contribution in [3.63, 3.8) is 0 Å². The predicted octanol–water partition coefficient (Wildman–Crippen LogP) is 1.78. The standard InChI is InChI=1S/C15H28N4S/c1-15(2,3)14-17-13(12-20-14)11-18(4)9-10-19-7-5-16-6-8-19/h12,16H,5-11H2,1-4H3. The van der Waals surface area contributed by atoms with Crippen LogP contribution in [0.5, 0.6) is 0 Å². The molecule has 2 rings (SSSR count). The van der Waals surface area contributed by atoms with Crippen molar-refractivity contribution in [3.05, 3.63) is 16.1 Å². The lowest BCUT2D eigenvalue weighted by molar-refractivity contribution is 0.201. The van der Waals surface area contributed by atoms with Crippen LogP contribution in [0.3, 0.4) is 0 Å². The highest BCUT2D eigenvalue weighted by Crippen LogP contribution is 2.25. The van der Waals surface area contributed by atoms with E-state index in [1.165, 1.54) is 23.8 Å². The molecule has 0 bridgehead atoms. The maximum atomic E-state index is 4.77. The van der Waals surface area contributed by atoms with Crippen LogP contribution in [0, 0.1) is 0 Å². The molecule has 1 aromatic rings. The van der Waals surface area contributed by atoms with Crippen LogP contribution in [-0.4, -0.2) is 61.1 Å². The summed E-state index contributed by atoms with van der Waals surface area (Å²) in [5.74, 6) is 0. The molecule has 0 spiro atoms. The Morgan fingerprint density at radius 1 is 1.35 bits per heavy atom. The average molecular weight is 296 g/mol. The molecule has 2 heterocycles. The van der Waals surface area contributed by atoms with Gasteiger partial charge in [0.05, 0.1) is 10.7 Å². The largest absolute Gasteiger partial charge is 0.314 e. The third kappa shape index (κ3) is 4.81. The Balaban J connectivity index is 1.76. The maximum Gasteiger partial charge on any atom is 0.0982 e. The number of hydrogen-bond donors (Lipinski definition) is 1. The Morgan fingerprint density at radius 2 is 2.05 bits per heavy atom. The van der Waals surface area contributed by atoms with Gasteiger partial charge in [0.1, 0.15) is 0 Å². The normalized spacial score (nSPS) is 17.9. The highest BCUT2D eigenvalue weighted by Gasteiger charge is 2.18. The summed E-state index contributed by atoms with van der Waals surface area (Å²) in [5.41, 5.74) is 1.38. The third-order valence-electron chi connectivity index (χ3n) is 3.63. The zero-order valence-electron chi connectivity index (χ0n) is 13.3. The molecule has 1 aliphatic heterocycles. The molecule has 5 heteroatoms. The SMILES string of the molecule is CN(CCN1CCNCC1)Cc1csc(C(C)(C)C)n1. The molecule has 1 N–H and O–H groups in total. The van der Waals surface area contributed by atoms with Gasteiger partial charge in [0.2, 0.25) is 0 Å². The van der Waals surface area contributed by atoms with Gasteiger partial charge in [-0.05, 0) is 7.05 Å². The molecule has 1 saturated heterocycles. The monoisotopic (exact) mass is 296 g/mol. The number of nitrogens with zero attached hydrogens (tertiary/aromatic N) is 3. The third-order valence-corrected chi connectivity index (χ3v) is 4.95. The van der Waals surface area contributed by atoms with Crippen LogP contribution in [0.2, 0.25) is 0 Å². The van der Waals surface area contributed by atoms with Gasteiger partial charge in [0.15, 0.2) is 0 Å². The second-order valence-corrected chi connectivity index (χ2v) is 7.58. The van der Waals surface area contributed by atoms with Gasteiger partial charge in [-0.25, -0.2) is 4.98 Å². The van der Waals surface area contributed by atoms with Crippen molar-refractivity contribution in [2.45, 2.75) is 32.7 Å². The van der Waals surface area contributed by atoms with Crippen LogP contribution < -0.4 is 5.32 Å². The van der Waals surface area contributed by atoms with Crippen LogP contribution >= 0.6 is 11.3 Å². The Bertz CT molecular complexity index is 404. The van der Waals surface area contributed by atoms with Crippen LogP contribution in [0.1, 0.15) is 31.5 Å². The van der Waals surface area contributed by atoms with Gasteiger partial charge in [-0.1, -0.05) is 20.8 Å². The fraction of sp³-hybridized carbons (Fsp3) is 0.800. The predicted molar refractivity (Wildman–Crippen MR) is 86.5 cm³/mol. The van der Waals surface area contributed by atoms with Crippen molar-refractivity contribution in [1.82, 2.24) is 20.1 Å². The number of rotatable bonds is 5. The van der Waals surface area contributed by atoms with E-state index in [1.807, 2.05) is 0 Å². The molecule has 0 amide bonds. The van der Waals surface area contributed by atoms with Crippen molar-refractivity contribution in [2.75, 3.05) is 46.3 Å². The molecule has 0 aromatic carbocycles. The number of nitrogens with one attached hydrogen (secondary N) is 1. The average Bonchev–Trinajstić information content (AvgIpc) is 2.86. The molecule has 0 saturated carbocycles. The lowest BCUT2D eigenvalue weighted by Gasteiger charge is -2.28. The number of likely N-dealkylation sites (N-methyl/N-ethyl adjacent to an activating group) is 1. The second-order valence-electron chi connectivity index (χ2n) is 6.72. The van der Waals surface area contributed by atoms with Crippen molar-refractivity contribution in [2.24, 2.45) is 0 Å². The van der Waals surface area contributed by atoms with Crippen molar-refractivity contribution < 1.29 is 0 Å². The van der Waals surface area contributed by atoms with Crippen LogP contribution in [0.15, 0.2) is 5.38 Å². The summed E-state index contributed by atoms with van der Waals surface area (Å²) < 4.78 is 0. The van der Waals surface area contributed by atoms with E-state index in [0.29, 0.717) is 0 Å². The summed E-state index contributed by atoms with van der Waals surface area (Å²) in [6, 6.07) is 0. The van der Waals surface area contributed by atoms with Crippen molar-refractivity contribution >= 4 is 11.3 Å². The first kappa shape index (κ1) is 15.9. The number of piperazine rings is 1. The van der Waals surface area contributed by atoms with Crippen LogP contribution in [0.4, 0.5) is 0 Å². The van der Waals surface area contributed by atoms with Crippen LogP contribution in [-0.2, 0) is 12.0 Å². The molecular weight excluding hydrogens is 268 g/mol. The highest BCUT2D eigenvalue weighted by molar-refractivity contribution is 7.09. The topological polar surface area (TPSA) is 31.4 Å². The van der Waals surface area contributed by atoms with Crippen molar-refractivity contribution in [1.29, 1.82) is 0 Å². The summed E-state index contributed by atoms with van der Waals surface area (Å²) in [6.07, 6.45) is 0. The van der Waals surface area contributed by atoms with Gasteiger partial charge in [0.25, 0.3) is 0 Å². The quantitative estimate of drug-likeness (QED) is 0.897. The molecule has 20 heavy (non-hydrogen) atoms. The molecule has 1 aliphatic rings. The van der Waals surface area contributed by atoms with E-state index in [2.05, 4.69) is 48.3 Å². The van der Waals surface area contributed by atoms with E-state index < -0.39 is 0 Å². The van der Waals surface area contributed by atoms with E-state index in [-0.39, 0.29) is 5.41 Å². The smallest absolute Gasteiger partial charge is 0.0982 e. The molecule has 1 aromatic heterocycles. The lowest BCUT2D eigenvalue weighted by Crippen LogP contribution is -2.45. The van der Waals surface area contributed by atoms with Crippen LogP contribution in [0.25, 0.3) is 0 Å². The summed E-state index contributed by atoms with van der Waals surface area (Å²) in [6.45, 7) is 14.5. The summed E-state index contributed by atoms with van der Waals surface area (Å²) >= 11 is 1.79. The lowest BCUT2D eigenvalue weighted by atomic mass is 9.98. The first-order chi connectivity index (χ1) is 9.45. The molecule has 0 aliphatic carbocycles. The summed E-state index contributed by atoms with van der Waals surface area (Å²) in [4.78, 5) is 9.68. The first-order valence-corrected chi connectivity index (χ1v) is 8.39. The van der Waals surface area contributed by atoms with E-state index in [9.17, 15) is 0 Å². The molecule has 0 atom stereocenters. The summed E-state index contributed by atoms with van der Waals surface area (Å²) in [7, 11) is 2.19. The Kier molecular flexibility index (Phi) is 5.55. The number of thiazole rings is 1. The molecule has 4 nitrogen and oxygen atoms in total. The number of hydrogen-bond acceptors (Lipinski definition) is 5. The zero-order valence-corrected chi connectivity index (χ0v) is 14.1. The minimum Gasteiger partial charge on any atom is -0.314 e. The Labute approximate surface area is 127 Å². The van der Waals surface area contributed by atoms with E-state index in [4.69, 9.17) is 4.98 Å². The van der Waals surface area contributed by atoms with E-state index >= 15 is 0 Å². The fourth-order valence-electron chi connectivity index (χ4n) is 2.33. The minimum atomic E-state index is 0.169. The molecule has 0 radical (unpaired) electrons. The Morgan fingerprint density at radius 3 is 2.65 bits per heavy atom.